The summed E-state index contributed by atoms with van der Waals surface area (Å²) in [6, 6.07) is 0.192. The van der Waals surface area contributed by atoms with Crippen LogP contribution in [0.5, 0.6) is 0 Å². The number of hydrogen-bond acceptors (Lipinski definition) is 5. The van der Waals surface area contributed by atoms with Gasteiger partial charge in [0, 0.05) is 23.9 Å². The van der Waals surface area contributed by atoms with Gasteiger partial charge in [0.2, 0.25) is 5.91 Å². The van der Waals surface area contributed by atoms with Crippen molar-refractivity contribution in [3.63, 3.8) is 0 Å². The molecule has 2 rings (SSSR count). The highest BCUT2D eigenvalue weighted by molar-refractivity contribution is 7.15. The fraction of sp³-hybridized carbons (Fsp3) is 0.643. The van der Waals surface area contributed by atoms with Crippen LogP contribution in [-0.2, 0) is 16.0 Å². The zero-order chi connectivity index (χ0) is 15.4. The maximum Gasteiger partial charge on any atom is 0.312 e. The van der Waals surface area contributed by atoms with Crippen LogP contribution >= 0.6 is 11.3 Å². The zero-order valence-corrected chi connectivity index (χ0v) is 13.1. The lowest BCUT2D eigenvalue weighted by Crippen LogP contribution is -2.32. The fourth-order valence-electron chi connectivity index (χ4n) is 2.28. The summed E-state index contributed by atoms with van der Waals surface area (Å²) in [6.07, 6.45) is 2.72. The molecule has 1 heterocycles. The van der Waals surface area contributed by atoms with Crippen molar-refractivity contribution < 1.29 is 14.7 Å². The topological polar surface area (TPSA) is 91.3 Å². The number of carbonyl (C=O) groups excluding carboxylic acids is 1. The molecule has 2 atom stereocenters. The average Bonchev–Trinajstić information content (AvgIpc) is 2.97. The maximum absolute atomic E-state index is 11.6. The second-order valence-electron chi connectivity index (χ2n) is 5.31. The van der Waals surface area contributed by atoms with E-state index in [-0.39, 0.29) is 11.9 Å². The van der Waals surface area contributed by atoms with E-state index in [1.165, 1.54) is 11.3 Å². The summed E-state index contributed by atoms with van der Waals surface area (Å²) in [5, 5.41) is 15.8. The Labute approximate surface area is 128 Å². The molecule has 1 amide bonds. The first kappa shape index (κ1) is 15.8. The fourth-order valence-corrected chi connectivity index (χ4v) is 3.34. The number of carbonyl (C=O) groups is 2. The number of thiazole rings is 1. The number of aryl methyl sites for hydroxylation is 1. The molecule has 0 saturated heterocycles. The van der Waals surface area contributed by atoms with Crippen LogP contribution in [-0.4, -0.2) is 34.6 Å². The first-order valence-corrected chi connectivity index (χ1v) is 8.08. The SMILES string of the molecule is CCC(C)NC(=O)CCNc1nc2c(s1)CCC2C(=O)O. The molecule has 1 aromatic rings. The van der Waals surface area contributed by atoms with Gasteiger partial charge in [0.05, 0.1) is 5.69 Å². The summed E-state index contributed by atoms with van der Waals surface area (Å²) in [5.41, 5.74) is 0.694. The minimum absolute atomic E-state index is 0.0179. The molecule has 116 valence electrons. The third-order valence-electron chi connectivity index (χ3n) is 3.66. The summed E-state index contributed by atoms with van der Waals surface area (Å²) in [5.74, 6) is -1.26. The lowest BCUT2D eigenvalue weighted by atomic mass is 10.1. The quantitative estimate of drug-likeness (QED) is 0.716. The number of amides is 1. The Hall–Kier alpha value is -1.63. The second kappa shape index (κ2) is 6.89. The van der Waals surface area contributed by atoms with Crippen LogP contribution in [0.4, 0.5) is 5.13 Å². The summed E-state index contributed by atoms with van der Waals surface area (Å²) in [4.78, 5) is 28.1. The van der Waals surface area contributed by atoms with Gasteiger partial charge in [0.15, 0.2) is 5.13 Å². The maximum atomic E-state index is 11.6. The highest BCUT2D eigenvalue weighted by Gasteiger charge is 2.32. The van der Waals surface area contributed by atoms with E-state index in [1.807, 2.05) is 13.8 Å². The van der Waals surface area contributed by atoms with Gasteiger partial charge in [-0.05, 0) is 26.2 Å². The third-order valence-corrected chi connectivity index (χ3v) is 4.75. The Morgan fingerprint density at radius 1 is 1.52 bits per heavy atom. The smallest absolute Gasteiger partial charge is 0.312 e. The van der Waals surface area contributed by atoms with E-state index in [1.54, 1.807) is 0 Å². The molecule has 21 heavy (non-hydrogen) atoms. The summed E-state index contributed by atoms with van der Waals surface area (Å²) < 4.78 is 0. The van der Waals surface area contributed by atoms with Gasteiger partial charge >= 0.3 is 5.97 Å². The molecule has 1 aliphatic rings. The third kappa shape index (κ3) is 3.93. The van der Waals surface area contributed by atoms with Gasteiger partial charge in [-0.2, -0.15) is 0 Å². The molecule has 0 aliphatic heterocycles. The second-order valence-corrected chi connectivity index (χ2v) is 6.39. The van der Waals surface area contributed by atoms with Crippen molar-refractivity contribution in [3.8, 4) is 0 Å². The number of nitrogens with zero attached hydrogens (tertiary/aromatic N) is 1. The largest absolute Gasteiger partial charge is 0.481 e. The predicted molar refractivity (Wildman–Crippen MR) is 81.8 cm³/mol. The Balaban J connectivity index is 1.82. The molecular weight excluding hydrogens is 290 g/mol. The normalized spacial score (nSPS) is 18.1. The summed E-state index contributed by atoms with van der Waals surface area (Å²) >= 11 is 1.50. The lowest BCUT2D eigenvalue weighted by Gasteiger charge is -2.11. The number of aromatic nitrogens is 1. The van der Waals surface area contributed by atoms with E-state index in [4.69, 9.17) is 5.11 Å². The van der Waals surface area contributed by atoms with E-state index in [9.17, 15) is 9.59 Å². The number of carboxylic acid groups (broad SMARTS) is 1. The zero-order valence-electron chi connectivity index (χ0n) is 12.3. The highest BCUT2D eigenvalue weighted by atomic mass is 32.1. The number of carboxylic acids is 1. The van der Waals surface area contributed by atoms with Crippen molar-refractivity contribution in [3.05, 3.63) is 10.6 Å². The van der Waals surface area contributed by atoms with E-state index in [0.29, 0.717) is 30.2 Å². The van der Waals surface area contributed by atoms with Gasteiger partial charge < -0.3 is 15.7 Å². The Morgan fingerprint density at radius 3 is 2.95 bits per heavy atom. The molecule has 6 nitrogen and oxygen atoms in total. The van der Waals surface area contributed by atoms with Gasteiger partial charge in [0.25, 0.3) is 0 Å². The molecule has 1 aliphatic carbocycles. The van der Waals surface area contributed by atoms with Crippen LogP contribution in [0.1, 0.15) is 49.6 Å². The van der Waals surface area contributed by atoms with Crippen LogP contribution < -0.4 is 10.6 Å². The molecule has 0 aromatic carbocycles. The van der Waals surface area contributed by atoms with Gasteiger partial charge in [0.1, 0.15) is 5.92 Å². The highest BCUT2D eigenvalue weighted by Crippen LogP contribution is 2.38. The Bertz CT molecular complexity index is 530. The van der Waals surface area contributed by atoms with Crippen molar-refractivity contribution in [1.82, 2.24) is 10.3 Å². The van der Waals surface area contributed by atoms with E-state index in [2.05, 4.69) is 15.6 Å². The molecule has 2 unspecified atom stereocenters. The number of rotatable bonds is 7. The molecule has 7 heteroatoms. The van der Waals surface area contributed by atoms with Crippen LogP contribution in [0, 0.1) is 0 Å². The van der Waals surface area contributed by atoms with Crippen molar-refractivity contribution in [2.75, 3.05) is 11.9 Å². The van der Waals surface area contributed by atoms with Crippen molar-refractivity contribution in [1.29, 1.82) is 0 Å². The average molecular weight is 311 g/mol. The number of nitrogens with one attached hydrogen (secondary N) is 2. The van der Waals surface area contributed by atoms with Gasteiger partial charge in [-0.3, -0.25) is 9.59 Å². The van der Waals surface area contributed by atoms with E-state index < -0.39 is 11.9 Å². The van der Waals surface area contributed by atoms with Crippen LogP contribution in [0.25, 0.3) is 0 Å². The molecule has 0 fully saturated rings. The van der Waals surface area contributed by atoms with Crippen molar-refractivity contribution in [2.24, 2.45) is 0 Å². The minimum Gasteiger partial charge on any atom is -0.481 e. The van der Waals surface area contributed by atoms with Crippen molar-refractivity contribution in [2.45, 2.75) is 51.5 Å². The molecule has 0 saturated carbocycles. The number of fused-ring (bicyclic) bond motifs is 1. The lowest BCUT2D eigenvalue weighted by molar-refractivity contribution is -0.138. The van der Waals surface area contributed by atoms with E-state index in [0.717, 1.165) is 17.7 Å². The minimum atomic E-state index is -0.807. The summed E-state index contributed by atoms with van der Waals surface area (Å²) in [6.45, 7) is 4.51. The number of aliphatic carboxylic acids is 1. The Kier molecular flexibility index (Phi) is 5.17. The Morgan fingerprint density at radius 2 is 2.29 bits per heavy atom. The first-order chi connectivity index (χ1) is 10.0. The van der Waals surface area contributed by atoms with Crippen LogP contribution in [0.2, 0.25) is 0 Å². The number of anilines is 1. The van der Waals surface area contributed by atoms with E-state index >= 15 is 0 Å². The van der Waals surface area contributed by atoms with Crippen LogP contribution in [0.3, 0.4) is 0 Å². The molecule has 1 aromatic heterocycles. The van der Waals surface area contributed by atoms with Crippen LogP contribution in [0.15, 0.2) is 0 Å². The first-order valence-electron chi connectivity index (χ1n) is 7.26. The monoisotopic (exact) mass is 311 g/mol. The summed E-state index contributed by atoms with van der Waals surface area (Å²) in [7, 11) is 0. The molecule has 0 bridgehead atoms. The standard InChI is InChI=1S/C14H21N3O3S/c1-3-8(2)16-11(18)6-7-15-14-17-12-9(13(19)20)4-5-10(12)21-14/h8-9H,3-7H2,1-2H3,(H,15,17)(H,16,18)(H,19,20). The molecule has 0 spiro atoms. The molecule has 3 N–H and O–H groups in total. The van der Waals surface area contributed by atoms with Gasteiger partial charge in [-0.1, -0.05) is 6.92 Å². The van der Waals surface area contributed by atoms with Gasteiger partial charge in [-0.25, -0.2) is 4.98 Å². The van der Waals surface area contributed by atoms with Gasteiger partial charge in [-0.15, -0.1) is 11.3 Å². The molecule has 0 radical (unpaired) electrons. The van der Waals surface area contributed by atoms with Crippen molar-refractivity contribution >= 4 is 28.3 Å². The predicted octanol–water partition coefficient (Wildman–Crippen LogP) is 1.97. The molecular formula is C14H21N3O3S. The number of hydrogen-bond donors (Lipinski definition) is 3.